The lowest BCUT2D eigenvalue weighted by Gasteiger charge is -2.19. The summed E-state index contributed by atoms with van der Waals surface area (Å²) in [5.41, 5.74) is -0.0451. The summed E-state index contributed by atoms with van der Waals surface area (Å²) in [7, 11) is 1.14. The second-order valence-electron chi connectivity index (χ2n) is 3.58. The first-order valence-electron chi connectivity index (χ1n) is 5.44. The van der Waals surface area contributed by atoms with E-state index in [1.165, 1.54) is 0 Å². The van der Waals surface area contributed by atoms with Gasteiger partial charge < -0.3 is 14.6 Å². The summed E-state index contributed by atoms with van der Waals surface area (Å²) in [5.74, 6) is -3.47. The zero-order valence-electron chi connectivity index (χ0n) is 10.3. The van der Waals surface area contributed by atoms with Crippen molar-refractivity contribution < 1.29 is 28.2 Å². The molecule has 0 saturated carbocycles. The van der Waals surface area contributed by atoms with Gasteiger partial charge >= 0.3 is 5.97 Å². The average molecular weight is 339 g/mol. The van der Waals surface area contributed by atoms with Gasteiger partial charge in [-0.05, 0) is 19.1 Å². The van der Waals surface area contributed by atoms with Crippen LogP contribution in [0.5, 0.6) is 5.75 Å². The first kappa shape index (κ1) is 15.8. The Bertz CT molecular complexity index is 467. The predicted molar refractivity (Wildman–Crippen MR) is 67.2 cm³/mol. The first-order valence-corrected chi connectivity index (χ1v) is 6.36. The number of benzene rings is 1. The number of esters is 1. The molecule has 0 aliphatic carbocycles. The highest BCUT2D eigenvalue weighted by atomic mass is 79.9. The second-order valence-corrected chi connectivity index (χ2v) is 4.57. The van der Waals surface area contributed by atoms with E-state index >= 15 is 0 Å². The summed E-state index contributed by atoms with van der Waals surface area (Å²) in [4.78, 5) is 10.4. The van der Waals surface area contributed by atoms with E-state index in [-0.39, 0.29) is 12.2 Å². The molecule has 0 aliphatic heterocycles. The number of alkyl halides is 1. The van der Waals surface area contributed by atoms with Crippen LogP contribution in [0.15, 0.2) is 12.1 Å². The van der Waals surface area contributed by atoms with Crippen molar-refractivity contribution in [3.63, 3.8) is 0 Å². The maximum absolute atomic E-state index is 13.5. The third-order valence-electron chi connectivity index (χ3n) is 2.39. The van der Waals surface area contributed by atoms with E-state index in [4.69, 9.17) is 9.47 Å². The van der Waals surface area contributed by atoms with Crippen LogP contribution in [0.1, 0.15) is 18.6 Å². The highest BCUT2D eigenvalue weighted by Gasteiger charge is 2.30. The van der Waals surface area contributed by atoms with Crippen LogP contribution in [0.4, 0.5) is 8.78 Å². The molecule has 1 aromatic rings. The van der Waals surface area contributed by atoms with Gasteiger partial charge in [0.1, 0.15) is 10.9 Å². The normalized spacial score (nSPS) is 13.8. The zero-order valence-corrected chi connectivity index (χ0v) is 11.9. The summed E-state index contributed by atoms with van der Waals surface area (Å²) in [5, 5.41) is 10.00. The molecule has 0 fully saturated rings. The zero-order chi connectivity index (χ0) is 14.6. The van der Waals surface area contributed by atoms with Crippen LogP contribution in [0.3, 0.4) is 0 Å². The molecule has 0 heterocycles. The maximum Gasteiger partial charge on any atom is 0.322 e. The molecular formula is C12H13BrF2O4. The van der Waals surface area contributed by atoms with Crippen LogP contribution < -0.4 is 4.74 Å². The fourth-order valence-corrected chi connectivity index (χ4v) is 1.91. The molecule has 0 bridgehead atoms. The van der Waals surface area contributed by atoms with Gasteiger partial charge in [-0.3, -0.25) is 4.79 Å². The molecule has 4 nitrogen and oxygen atoms in total. The molecule has 7 heteroatoms. The van der Waals surface area contributed by atoms with E-state index in [1.54, 1.807) is 6.92 Å². The number of carbonyl (C=O) groups is 1. The highest BCUT2D eigenvalue weighted by Crippen LogP contribution is 2.33. The van der Waals surface area contributed by atoms with Crippen LogP contribution in [-0.4, -0.2) is 29.6 Å². The average Bonchev–Trinajstić information content (AvgIpc) is 2.40. The van der Waals surface area contributed by atoms with Crippen molar-refractivity contribution in [1.29, 1.82) is 0 Å². The number of halogens is 3. The van der Waals surface area contributed by atoms with Gasteiger partial charge in [-0.2, -0.15) is 4.39 Å². The van der Waals surface area contributed by atoms with E-state index in [0.29, 0.717) is 0 Å². The molecule has 2 atom stereocenters. The molecule has 0 spiro atoms. The Morgan fingerprint density at radius 2 is 2.11 bits per heavy atom. The number of methoxy groups -OCH3 is 1. The molecule has 1 aromatic carbocycles. The van der Waals surface area contributed by atoms with Gasteiger partial charge in [-0.25, -0.2) is 4.39 Å². The maximum atomic E-state index is 13.5. The molecule has 106 valence electrons. The fourth-order valence-electron chi connectivity index (χ4n) is 1.50. The minimum atomic E-state index is -1.43. The molecule has 0 amide bonds. The number of hydrogen-bond acceptors (Lipinski definition) is 4. The molecule has 0 aliphatic rings. The number of carbonyl (C=O) groups excluding carboxylic acids is 1. The number of hydrogen-bond donors (Lipinski definition) is 1. The molecule has 0 aromatic heterocycles. The Hall–Kier alpha value is -1.21. The Morgan fingerprint density at radius 1 is 1.47 bits per heavy atom. The van der Waals surface area contributed by atoms with E-state index < -0.39 is 34.3 Å². The lowest BCUT2D eigenvalue weighted by atomic mass is 10.0. The van der Waals surface area contributed by atoms with Crippen LogP contribution in [0.25, 0.3) is 0 Å². The van der Waals surface area contributed by atoms with Crippen molar-refractivity contribution in [2.45, 2.75) is 17.9 Å². The largest absolute Gasteiger partial charge is 0.493 e. The first-order chi connectivity index (χ1) is 8.93. The van der Waals surface area contributed by atoms with E-state index in [0.717, 1.165) is 19.2 Å². The van der Waals surface area contributed by atoms with Crippen LogP contribution in [-0.2, 0) is 9.53 Å². The van der Waals surface area contributed by atoms with Crippen molar-refractivity contribution in [2.24, 2.45) is 0 Å². The molecular weight excluding hydrogens is 326 g/mol. The lowest BCUT2D eigenvalue weighted by Crippen LogP contribution is -2.25. The molecule has 0 saturated heterocycles. The number of ether oxygens (including phenoxy) is 2. The van der Waals surface area contributed by atoms with Gasteiger partial charge in [0.05, 0.1) is 13.7 Å². The third kappa shape index (κ3) is 3.42. The van der Waals surface area contributed by atoms with Gasteiger partial charge in [0, 0.05) is 5.56 Å². The summed E-state index contributed by atoms with van der Waals surface area (Å²) in [6, 6.07) is 2.00. The van der Waals surface area contributed by atoms with Crippen molar-refractivity contribution in [3.8, 4) is 5.75 Å². The van der Waals surface area contributed by atoms with Gasteiger partial charge in [0.25, 0.3) is 0 Å². The second kappa shape index (κ2) is 6.81. The minimum absolute atomic E-state index is 0.0451. The predicted octanol–water partition coefficient (Wildman–Crippen LogP) is 2.33. The standard InChI is InChI=1S/C12H13BrF2O4/c1-3-19-12(17)8(13)10(16)6-4-5-7(14)9(15)11(6)18-2/h4-5,8,10,16H,3H2,1-2H3/t8-,10-/m1/s1. The van der Waals surface area contributed by atoms with Crippen LogP contribution in [0.2, 0.25) is 0 Å². The minimum Gasteiger partial charge on any atom is -0.493 e. The monoisotopic (exact) mass is 338 g/mol. The summed E-state index contributed by atoms with van der Waals surface area (Å²) in [6.07, 6.45) is -1.43. The van der Waals surface area contributed by atoms with Crippen molar-refractivity contribution in [1.82, 2.24) is 0 Å². The van der Waals surface area contributed by atoms with E-state index in [9.17, 15) is 18.7 Å². The quantitative estimate of drug-likeness (QED) is 0.661. The molecule has 1 N–H and O–H groups in total. The molecule has 19 heavy (non-hydrogen) atoms. The van der Waals surface area contributed by atoms with Crippen LogP contribution in [0, 0.1) is 11.6 Å². The van der Waals surface area contributed by atoms with Crippen molar-refractivity contribution in [2.75, 3.05) is 13.7 Å². The smallest absolute Gasteiger partial charge is 0.322 e. The number of rotatable bonds is 5. The van der Waals surface area contributed by atoms with Crippen LogP contribution >= 0.6 is 15.9 Å². The number of aliphatic hydroxyl groups is 1. The Morgan fingerprint density at radius 3 is 2.63 bits per heavy atom. The van der Waals surface area contributed by atoms with E-state index in [1.807, 2.05) is 0 Å². The topological polar surface area (TPSA) is 55.8 Å². The fraction of sp³-hybridized carbons (Fsp3) is 0.417. The summed E-state index contributed by atoms with van der Waals surface area (Å²) < 4.78 is 36.0. The van der Waals surface area contributed by atoms with E-state index in [2.05, 4.69) is 15.9 Å². The summed E-state index contributed by atoms with van der Waals surface area (Å²) in [6.45, 7) is 1.75. The molecule has 0 unspecified atom stereocenters. The van der Waals surface area contributed by atoms with Gasteiger partial charge in [0.2, 0.25) is 5.82 Å². The van der Waals surface area contributed by atoms with Crippen molar-refractivity contribution >= 4 is 21.9 Å². The Labute approximate surface area is 117 Å². The number of aliphatic hydroxyl groups excluding tert-OH is 1. The Kier molecular flexibility index (Phi) is 5.68. The van der Waals surface area contributed by atoms with Gasteiger partial charge in [0.15, 0.2) is 11.6 Å². The molecule has 1 rings (SSSR count). The Balaban J connectivity index is 3.09. The lowest BCUT2D eigenvalue weighted by molar-refractivity contribution is -0.144. The van der Waals surface area contributed by atoms with Gasteiger partial charge in [-0.15, -0.1) is 0 Å². The highest BCUT2D eigenvalue weighted by molar-refractivity contribution is 9.10. The third-order valence-corrected chi connectivity index (χ3v) is 3.27. The van der Waals surface area contributed by atoms with Crippen molar-refractivity contribution in [3.05, 3.63) is 29.3 Å². The SMILES string of the molecule is CCOC(=O)[C@H](Br)[C@H](O)c1ccc(F)c(F)c1OC. The van der Waals surface area contributed by atoms with Gasteiger partial charge in [-0.1, -0.05) is 15.9 Å². The molecule has 0 radical (unpaired) electrons. The summed E-state index contributed by atoms with van der Waals surface area (Å²) >= 11 is 2.96.